The number of amides is 6. The SMILES string of the molecule is CC(C)CC(NC(=O)C(NC(=O)OC(C)(C)C)C(C)C)C(=O)NC(Cc1ccccc1)C(=O)NN(CCC(N)=O)C(=O)Oc1ccccc1. The van der Waals surface area contributed by atoms with E-state index in [9.17, 15) is 28.8 Å². The number of nitrogens with zero attached hydrogens (tertiary/aromatic N) is 1. The van der Waals surface area contributed by atoms with Gasteiger partial charge in [0, 0.05) is 12.8 Å². The molecule has 2 aromatic rings. The first-order valence-corrected chi connectivity index (χ1v) is 16.2. The molecule has 6 amide bonds. The highest BCUT2D eigenvalue weighted by molar-refractivity contribution is 5.94. The number of rotatable bonds is 15. The zero-order chi connectivity index (χ0) is 36.7. The lowest BCUT2D eigenvalue weighted by atomic mass is 9.99. The van der Waals surface area contributed by atoms with Crippen molar-refractivity contribution in [2.75, 3.05) is 6.54 Å². The molecule has 0 aromatic heterocycles. The second-order valence-corrected chi connectivity index (χ2v) is 13.3. The van der Waals surface area contributed by atoms with E-state index in [0.717, 1.165) is 5.01 Å². The van der Waals surface area contributed by atoms with E-state index >= 15 is 0 Å². The van der Waals surface area contributed by atoms with Gasteiger partial charge in [0.2, 0.25) is 17.7 Å². The standard InChI is InChI=1S/C35H50N6O8/c1-22(2)20-26(38-32(45)29(23(3)4)39-33(46)49-35(5,6)7)30(43)37-27(21-24-14-10-8-11-15-24)31(44)40-41(19-18-28(36)42)34(47)48-25-16-12-9-13-17-25/h8-17,22-23,26-27,29H,18-21H2,1-7H3,(H2,36,42)(H,37,43)(H,38,45)(H,39,46)(H,40,44). The van der Waals surface area contributed by atoms with E-state index in [1.165, 1.54) is 0 Å². The predicted molar refractivity (Wildman–Crippen MR) is 183 cm³/mol. The molecule has 0 radical (unpaired) electrons. The summed E-state index contributed by atoms with van der Waals surface area (Å²) in [5.74, 6) is -2.96. The summed E-state index contributed by atoms with van der Waals surface area (Å²) < 4.78 is 10.7. The highest BCUT2D eigenvalue weighted by atomic mass is 16.6. The topological polar surface area (TPSA) is 198 Å². The van der Waals surface area contributed by atoms with Gasteiger partial charge in [0.25, 0.3) is 5.91 Å². The molecule has 14 nitrogen and oxygen atoms in total. The summed E-state index contributed by atoms with van der Waals surface area (Å²) in [7, 11) is 0. The minimum Gasteiger partial charge on any atom is -0.444 e. The molecule has 0 fully saturated rings. The second kappa shape index (κ2) is 19.0. The summed E-state index contributed by atoms with van der Waals surface area (Å²) >= 11 is 0. The van der Waals surface area contributed by atoms with Crippen molar-refractivity contribution in [1.82, 2.24) is 26.4 Å². The number of nitrogens with one attached hydrogen (secondary N) is 4. The first kappa shape index (κ1) is 40.0. The van der Waals surface area contributed by atoms with Crippen molar-refractivity contribution in [2.45, 2.75) is 91.5 Å². The monoisotopic (exact) mass is 682 g/mol. The van der Waals surface area contributed by atoms with Crippen molar-refractivity contribution in [3.63, 3.8) is 0 Å². The smallest absolute Gasteiger partial charge is 0.434 e. The zero-order valence-electron chi connectivity index (χ0n) is 29.3. The highest BCUT2D eigenvalue weighted by Gasteiger charge is 2.33. The average molecular weight is 683 g/mol. The minimum atomic E-state index is -1.23. The van der Waals surface area contributed by atoms with Crippen LogP contribution in [0.4, 0.5) is 9.59 Å². The van der Waals surface area contributed by atoms with Crippen molar-refractivity contribution in [3.05, 3.63) is 66.2 Å². The number of hydrogen-bond acceptors (Lipinski definition) is 8. The van der Waals surface area contributed by atoms with Gasteiger partial charge in [-0.1, -0.05) is 76.2 Å². The van der Waals surface area contributed by atoms with Gasteiger partial charge in [0.1, 0.15) is 29.5 Å². The molecule has 6 N–H and O–H groups in total. The van der Waals surface area contributed by atoms with E-state index in [0.29, 0.717) is 5.56 Å². The predicted octanol–water partition coefficient (Wildman–Crippen LogP) is 3.20. The third kappa shape index (κ3) is 15.1. The quantitative estimate of drug-likeness (QED) is 0.176. The lowest BCUT2D eigenvalue weighted by Gasteiger charge is -2.29. The molecular formula is C35H50N6O8. The molecule has 0 aliphatic heterocycles. The van der Waals surface area contributed by atoms with Crippen LogP contribution in [0.2, 0.25) is 0 Å². The lowest BCUT2D eigenvalue weighted by Crippen LogP contribution is -2.60. The first-order valence-electron chi connectivity index (χ1n) is 16.2. The summed E-state index contributed by atoms with van der Waals surface area (Å²) in [6, 6.07) is 13.7. The summed E-state index contributed by atoms with van der Waals surface area (Å²) in [5, 5.41) is 8.86. The Bertz CT molecular complexity index is 1410. The van der Waals surface area contributed by atoms with Crippen molar-refractivity contribution in [2.24, 2.45) is 17.6 Å². The van der Waals surface area contributed by atoms with Crippen LogP contribution < -0.4 is 31.8 Å². The Morgan fingerprint density at radius 1 is 0.776 bits per heavy atom. The second-order valence-electron chi connectivity index (χ2n) is 13.3. The van der Waals surface area contributed by atoms with Crippen molar-refractivity contribution in [3.8, 4) is 5.75 Å². The number of alkyl carbamates (subject to hydrolysis) is 1. The number of para-hydroxylation sites is 1. The van der Waals surface area contributed by atoms with Crippen LogP contribution in [0.3, 0.4) is 0 Å². The lowest BCUT2D eigenvalue weighted by molar-refractivity contribution is -0.134. The van der Waals surface area contributed by atoms with Crippen LogP contribution in [-0.2, 0) is 30.3 Å². The first-order chi connectivity index (χ1) is 22.9. The normalized spacial score (nSPS) is 13.0. The molecule has 0 aliphatic carbocycles. The molecule has 0 spiro atoms. The molecule has 268 valence electrons. The summed E-state index contributed by atoms with van der Waals surface area (Å²) in [5.41, 5.74) is 7.68. The maximum atomic E-state index is 13.8. The van der Waals surface area contributed by atoms with Crippen molar-refractivity contribution in [1.29, 1.82) is 0 Å². The van der Waals surface area contributed by atoms with Crippen LogP contribution in [0.15, 0.2) is 60.7 Å². The number of nitrogens with two attached hydrogens (primary N) is 1. The molecular weight excluding hydrogens is 632 g/mol. The van der Waals surface area contributed by atoms with Gasteiger partial charge in [-0.25, -0.2) is 14.6 Å². The molecule has 2 rings (SSSR count). The summed E-state index contributed by atoms with van der Waals surface area (Å²) in [4.78, 5) is 78.1. The van der Waals surface area contributed by atoms with Crippen LogP contribution in [0.25, 0.3) is 0 Å². The van der Waals surface area contributed by atoms with E-state index in [-0.39, 0.29) is 43.4 Å². The van der Waals surface area contributed by atoms with Crippen LogP contribution in [0.1, 0.15) is 66.9 Å². The number of carbonyl (C=O) groups is 6. The minimum absolute atomic E-state index is 0.0208. The van der Waals surface area contributed by atoms with Gasteiger partial charge in [-0.3, -0.25) is 24.6 Å². The van der Waals surface area contributed by atoms with Gasteiger partial charge in [-0.2, -0.15) is 0 Å². The molecule has 0 saturated carbocycles. The van der Waals surface area contributed by atoms with Crippen molar-refractivity contribution >= 4 is 35.8 Å². The van der Waals surface area contributed by atoms with E-state index in [1.807, 2.05) is 13.8 Å². The fraction of sp³-hybridized carbons (Fsp3) is 0.486. The van der Waals surface area contributed by atoms with Gasteiger partial charge < -0.3 is 31.2 Å². The van der Waals surface area contributed by atoms with E-state index < -0.39 is 59.5 Å². The summed E-state index contributed by atoms with van der Waals surface area (Å²) in [6.07, 6.45) is -1.81. The fourth-order valence-corrected chi connectivity index (χ4v) is 4.54. The summed E-state index contributed by atoms with van der Waals surface area (Å²) in [6.45, 7) is 12.0. The largest absolute Gasteiger partial charge is 0.444 e. The molecule has 49 heavy (non-hydrogen) atoms. The zero-order valence-corrected chi connectivity index (χ0v) is 29.3. The molecule has 0 bridgehead atoms. The number of hydrazine groups is 1. The number of hydrogen-bond donors (Lipinski definition) is 5. The highest BCUT2D eigenvalue weighted by Crippen LogP contribution is 2.13. The molecule has 3 unspecified atom stereocenters. The molecule has 14 heteroatoms. The van der Waals surface area contributed by atoms with Crippen molar-refractivity contribution < 1.29 is 38.2 Å². The maximum absolute atomic E-state index is 13.8. The Morgan fingerprint density at radius 3 is 1.88 bits per heavy atom. The molecule has 0 aliphatic rings. The molecule has 3 atom stereocenters. The van der Waals surface area contributed by atoms with Gasteiger partial charge in [0.05, 0.1) is 6.54 Å². The van der Waals surface area contributed by atoms with Crippen LogP contribution in [0.5, 0.6) is 5.75 Å². The molecule has 2 aromatic carbocycles. The van der Waals surface area contributed by atoms with Gasteiger partial charge in [-0.15, -0.1) is 0 Å². The Kier molecular flexibility index (Phi) is 15.5. The van der Waals surface area contributed by atoms with E-state index in [2.05, 4.69) is 21.4 Å². The van der Waals surface area contributed by atoms with Gasteiger partial charge in [-0.05, 0) is 56.7 Å². The Balaban J connectivity index is 2.33. The fourth-order valence-electron chi connectivity index (χ4n) is 4.54. The number of ether oxygens (including phenoxy) is 2. The Hall–Kier alpha value is -5.14. The van der Waals surface area contributed by atoms with E-state index in [4.69, 9.17) is 15.2 Å². The molecule has 0 heterocycles. The Labute approximate surface area is 287 Å². The van der Waals surface area contributed by atoms with Crippen LogP contribution in [0, 0.1) is 11.8 Å². The number of benzene rings is 2. The number of primary amides is 1. The maximum Gasteiger partial charge on any atom is 0.434 e. The average Bonchev–Trinajstić information content (AvgIpc) is 3.00. The Morgan fingerprint density at radius 2 is 1.35 bits per heavy atom. The van der Waals surface area contributed by atoms with Gasteiger partial charge >= 0.3 is 12.2 Å². The number of carbonyl (C=O) groups excluding carboxylic acids is 6. The third-order valence-corrected chi connectivity index (χ3v) is 6.87. The van der Waals surface area contributed by atoms with Crippen LogP contribution >= 0.6 is 0 Å². The van der Waals surface area contributed by atoms with Crippen LogP contribution in [-0.4, -0.2) is 71.1 Å². The molecule has 0 saturated heterocycles. The third-order valence-electron chi connectivity index (χ3n) is 6.87. The van der Waals surface area contributed by atoms with E-state index in [1.54, 1.807) is 95.3 Å². The van der Waals surface area contributed by atoms with Gasteiger partial charge in [0.15, 0.2) is 0 Å².